The fraction of sp³-hybridized carbons (Fsp3) is 0.947. The van der Waals surface area contributed by atoms with Crippen molar-refractivity contribution < 1.29 is 9.90 Å². The maximum absolute atomic E-state index is 11.5. The Labute approximate surface area is 132 Å². The molecule has 126 valence electrons. The standard InChI is InChI=1S/C19H38O2/c1-5-8-11-16(4)13-14-18(19(20)21)15-17(10-7-3)12-9-6-2/h16-18H,5-15H2,1-4H3,(H,20,21). The smallest absolute Gasteiger partial charge is 0.306 e. The van der Waals surface area contributed by atoms with Gasteiger partial charge in [-0.1, -0.05) is 79.1 Å². The number of carboxylic acid groups (broad SMARTS) is 1. The van der Waals surface area contributed by atoms with Crippen LogP contribution in [0.15, 0.2) is 0 Å². The fourth-order valence-corrected chi connectivity index (χ4v) is 3.21. The van der Waals surface area contributed by atoms with Crippen molar-refractivity contribution in [1.82, 2.24) is 0 Å². The molecule has 0 aromatic heterocycles. The summed E-state index contributed by atoms with van der Waals surface area (Å²) in [5, 5.41) is 9.50. The van der Waals surface area contributed by atoms with E-state index in [1.807, 2.05) is 0 Å². The van der Waals surface area contributed by atoms with Crippen molar-refractivity contribution in [2.45, 2.75) is 98.3 Å². The minimum absolute atomic E-state index is 0.123. The first-order valence-electron chi connectivity index (χ1n) is 9.27. The number of carboxylic acids is 1. The Bertz CT molecular complexity index is 250. The molecule has 0 spiro atoms. The average molecular weight is 299 g/mol. The Morgan fingerprint density at radius 2 is 1.48 bits per heavy atom. The van der Waals surface area contributed by atoms with Crippen LogP contribution in [0.3, 0.4) is 0 Å². The van der Waals surface area contributed by atoms with Gasteiger partial charge in [-0.2, -0.15) is 0 Å². The SMILES string of the molecule is CCCCC(C)CCC(CC(CCC)CCCC)C(=O)O. The predicted molar refractivity (Wildman–Crippen MR) is 91.6 cm³/mol. The summed E-state index contributed by atoms with van der Waals surface area (Å²) in [6.07, 6.45) is 12.6. The van der Waals surface area contributed by atoms with Crippen molar-refractivity contribution in [2.75, 3.05) is 0 Å². The van der Waals surface area contributed by atoms with Gasteiger partial charge in [-0.25, -0.2) is 0 Å². The molecule has 0 bridgehead atoms. The summed E-state index contributed by atoms with van der Waals surface area (Å²) in [7, 11) is 0. The number of carbonyl (C=O) groups is 1. The van der Waals surface area contributed by atoms with E-state index >= 15 is 0 Å². The summed E-state index contributed by atoms with van der Waals surface area (Å²) in [5.74, 6) is 0.590. The first-order chi connectivity index (χ1) is 10.0. The van der Waals surface area contributed by atoms with Gasteiger partial charge in [-0.05, 0) is 31.1 Å². The highest BCUT2D eigenvalue weighted by molar-refractivity contribution is 5.69. The molecule has 0 amide bonds. The number of rotatable bonds is 14. The Kier molecular flexibility index (Phi) is 12.8. The molecule has 0 aliphatic carbocycles. The predicted octanol–water partition coefficient (Wildman–Crippen LogP) is 6.29. The van der Waals surface area contributed by atoms with Crippen LogP contribution < -0.4 is 0 Å². The molecule has 3 unspecified atom stereocenters. The van der Waals surface area contributed by atoms with E-state index in [1.54, 1.807) is 0 Å². The van der Waals surface area contributed by atoms with Gasteiger partial charge in [0.25, 0.3) is 0 Å². The first kappa shape index (κ1) is 20.5. The average Bonchev–Trinajstić information content (AvgIpc) is 2.46. The molecular weight excluding hydrogens is 260 g/mol. The molecule has 0 aromatic carbocycles. The van der Waals surface area contributed by atoms with Gasteiger partial charge in [0.15, 0.2) is 0 Å². The van der Waals surface area contributed by atoms with E-state index in [-0.39, 0.29) is 5.92 Å². The van der Waals surface area contributed by atoms with Crippen molar-refractivity contribution in [1.29, 1.82) is 0 Å². The zero-order valence-electron chi connectivity index (χ0n) is 14.9. The zero-order valence-corrected chi connectivity index (χ0v) is 14.9. The van der Waals surface area contributed by atoms with E-state index in [4.69, 9.17) is 0 Å². The van der Waals surface area contributed by atoms with E-state index in [9.17, 15) is 9.90 Å². The van der Waals surface area contributed by atoms with Crippen LogP contribution in [0, 0.1) is 17.8 Å². The molecule has 0 saturated carbocycles. The Morgan fingerprint density at radius 1 is 0.857 bits per heavy atom. The summed E-state index contributed by atoms with van der Waals surface area (Å²) in [6.45, 7) is 8.92. The van der Waals surface area contributed by atoms with Gasteiger partial charge in [0.1, 0.15) is 0 Å². The minimum Gasteiger partial charge on any atom is -0.481 e. The molecular formula is C19H38O2. The lowest BCUT2D eigenvalue weighted by Crippen LogP contribution is -2.19. The normalized spacial score (nSPS) is 15.6. The van der Waals surface area contributed by atoms with Crippen LogP contribution >= 0.6 is 0 Å². The van der Waals surface area contributed by atoms with Crippen LogP contribution in [-0.2, 0) is 4.79 Å². The van der Waals surface area contributed by atoms with Crippen LogP contribution in [0.5, 0.6) is 0 Å². The van der Waals surface area contributed by atoms with Crippen molar-refractivity contribution >= 4 is 5.97 Å². The van der Waals surface area contributed by atoms with Crippen molar-refractivity contribution in [3.63, 3.8) is 0 Å². The number of hydrogen-bond donors (Lipinski definition) is 1. The first-order valence-corrected chi connectivity index (χ1v) is 9.27. The zero-order chi connectivity index (χ0) is 16.1. The topological polar surface area (TPSA) is 37.3 Å². The third-order valence-corrected chi connectivity index (χ3v) is 4.69. The third kappa shape index (κ3) is 10.8. The van der Waals surface area contributed by atoms with Gasteiger partial charge < -0.3 is 5.11 Å². The van der Waals surface area contributed by atoms with Gasteiger partial charge >= 0.3 is 5.97 Å². The molecule has 21 heavy (non-hydrogen) atoms. The maximum Gasteiger partial charge on any atom is 0.306 e. The highest BCUT2D eigenvalue weighted by atomic mass is 16.4. The van der Waals surface area contributed by atoms with Crippen LogP contribution in [-0.4, -0.2) is 11.1 Å². The molecule has 3 atom stereocenters. The Morgan fingerprint density at radius 3 is 2.00 bits per heavy atom. The third-order valence-electron chi connectivity index (χ3n) is 4.69. The summed E-state index contributed by atoms with van der Waals surface area (Å²) >= 11 is 0. The lowest BCUT2D eigenvalue weighted by atomic mass is 9.83. The Balaban J connectivity index is 4.27. The molecule has 0 aromatic rings. The molecule has 0 radical (unpaired) electrons. The number of unbranched alkanes of at least 4 members (excludes halogenated alkanes) is 2. The second kappa shape index (κ2) is 13.2. The van der Waals surface area contributed by atoms with E-state index in [1.165, 1.54) is 51.4 Å². The fourth-order valence-electron chi connectivity index (χ4n) is 3.21. The van der Waals surface area contributed by atoms with Crippen molar-refractivity contribution in [3.8, 4) is 0 Å². The molecule has 2 heteroatoms. The van der Waals surface area contributed by atoms with Crippen molar-refractivity contribution in [3.05, 3.63) is 0 Å². The lowest BCUT2D eigenvalue weighted by molar-refractivity contribution is -0.142. The van der Waals surface area contributed by atoms with Crippen LogP contribution in [0.2, 0.25) is 0 Å². The maximum atomic E-state index is 11.5. The Hall–Kier alpha value is -0.530. The van der Waals surface area contributed by atoms with Crippen LogP contribution in [0.25, 0.3) is 0 Å². The van der Waals surface area contributed by atoms with Gasteiger partial charge in [0.05, 0.1) is 5.92 Å². The second-order valence-electron chi connectivity index (χ2n) is 6.89. The largest absolute Gasteiger partial charge is 0.481 e. The van der Waals surface area contributed by atoms with Gasteiger partial charge in [0, 0.05) is 0 Å². The molecule has 0 saturated heterocycles. The monoisotopic (exact) mass is 298 g/mol. The van der Waals surface area contributed by atoms with E-state index in [0.717, 1.165) is 19.3 Å². The summed E-state index contributed by atoms with van der Waals surface area (Å²) in [5.41, 5.74) is 0. The minimum atomic E-state index is -0.574. The van der Waals surface area contributed by atoms with Crippen LogP contribution in [0.4, 0.5) is 0 Å². The van der Waals surface area contributed by atoms with Crippen LogP contribution in [0.1, 0.15) is 98.3 Å². The molecule has 0 aliphatic heterocycles. The quantitative estimate of drug-likeness (QED) is 0.409. The summed E-state index contributed by atoms with van der Waals surface area (Å²) in [6, 6.07) is 0. The second-order valence-corrected chi connectivity index (χ2v) is 6.89. The molecule has 0 fully saturated rings. The highest BCUT2D eigenvalue weighted by Gasteiger charge is 2.22. The van der Waals surface area contributed by atoms with E-state index < -0.39 is 5.97 Å². The molecule has 1 N–H and O–H groups in total. The summed E-state index contributed by atoms with van der Waals surface area (Å²) < 4.78 is 0. The van der Waals surface area contributed by atoms with Gasteiger partial charge in [-0.3, -0.25) is 4.79 Å². The number of hydrogen-bond acceptors (Lipinski definition) is 1. The molecule has 0 heterocycles. The highest BCUT2D eigenvalue weighted by Crippen LogP contribution is 2.27. The summed E-state index contributed by atoms with van der Waals surface area (Å²) in [4.78, 5) is 11.5. The molecule has 2 nitrogen and oxygen atoms in total. The molecule has 0 rings (SSSR count). The molecule has 0 aliphatic rings. The van der Waals surface area contributed by atoms with E-state index in [0.29, 0.717) is 11.8 Å². The van der Waals surface area contributed by atoms with Gasteiger partial charge in [0.2, 0.25) is 0 Å². The lowest BCUT2D eigenvalue weighted by Gasteiger charge is -2.22. The van der Waals surface area contributed by atoms with Gasteiger partial charge in [-0.15, -0.1) is 0 Å². The number of aliphatic carboxylic acids is 1. The van der Waals surface area contributed by atoms with E-state index in [2.05, 4.69) is 27.7 Å². The van der Waals surface area contributed by atoms with Crippen molar-refractivity contribution in [2.24, 2.45) is 17.8 Å².